The minimum atomic E-state index is -1.46. The zero-order valence-electron chi connectivity index (χ0n) is 11.0. The number of benzene rings is 1. The first-order chi connectivity index (χ1) is 10.5. The van der Waals surface area contributed by atoms with E-state index in [1.807, 2.05) is 5.32 Å². The number of carbonyl (C=O) groups is 2. The Balaban J connectivity index is 2.11. The van der Waals surface area contributed by atoms with Crippen LogP contribution in [0.15, 0.2) is 36.5 Å². The number of nitrogens with zero attached hydrogens (tertiary/aromatic N) is 1. The van der Waals surface area contributed by atoms with Crippen molar-refractivity contribution in [1.29, 1.82) is 0 Å². The summed E-state index contributed by atoms with van der Waals surface area (Å²) in [6.07, 6.45) is -0.159. The lowest BCUT2D eigenvalue weighted by Gasteiger charge is -2.10. The van der Waals surface area contributed by atoms with Gasteiger partial charge in [-0.25, -0.2) is 19.0 Å². The monoisotopic (exact) mass is 324 g/mol. The number of hydrogen-bond donors (Lipinski definition) is 2. The van der Waals surface area contributed by atoms with Crippen molar-refractivity contribution in [2.45, 2.75) is 6.61 Å². The Morgan fingerprint density at radius 1 is 1.32 bits per heavy atom. The van der Waals surface area contributed by atoms with Gasteiger partial charge in [-0.15, -0.1) is 0 Å². The Morgan fingerprint density at radius 3 is 2.64 bits per heavy atom. The number of anilines is 1. The molecule has 22 heavy (non-hydrogen) atoms. The van der Waals surface area contributed by atoms with Gasteiger partial charge < -0.3 is 9.84 Å². The fraction of sp³-hybridized carbons (Fsp3) is 0.0714. The second kappa shape index (κ2) is 6.86. The van der Waals surface area contributed by atoms with E-state index in [2.05, 4.69) is 4.98 Å². The molecule has 0 fully saturated rings. The predicted octanol–water partition coefficient (Wildman–Crippen LogP) is 3.32. The number of carbonyl (C=O) groups excluding carboxylic acids is 1. The fourth-order valence-electron chi connectivity index (χ4n) is 1.61. The maximum atomic E-state index is 13.8. The molecular formula is C14H10ClFN2O4. The van der Waals surface area contributed by atoms with Crippen LogP contribution in [-0.2, 0) is 11.3 Å². The highest BCUT2D eigenvalue weighted by molar-refractivity contribution is 6.30. The average Bonchev–Trinajstić information content (AvgIpc) is 2.50. The molecule has 0 saturated heterocycles. The van der Waals surface area contributed by atoms with Gasteiger partial charge in [0.2, 0.25) is 0 Å². The zero-order chi connectivity index (χ0) is 16.1. The summed E-state index contributed by atoms with van der Waals surface area (Å²) in [6, 6.07) is 8.81. The van der Waals surface area contributed by atoms with Crippen molar-refractivity contribution in [3.63, 3.8) is 0 Å². The summed E-state index contributed by atoms with van der Waals surface area (Å²) in [6.45, 7) is -0.0461. The van der Waals surface area contributed by atoms with Crippen LogP contribution in [0.1, 0.15) is 15.9 Å². The molecule has 0 aliphatic carbocycles. The van der Waals surface area contributed by atoms with Gasteiger partial charge in [-0.1, -0.05) is 41.9 Å². The van der Waals surface area contributed by atoms with Crippen LogP contribution in [0.3, 0.4) is 0 Å². The molecule has 6 nitrogen and oxygen atoms in total. The first-order valence-corrected chi connectivity index (χ1v) is 6.42. The van der Waals surface area contributed by atoms with E-state index in [0.29, 0.717) is 0 Å². The number of amides is 1. The lowest BCUT2D eigenvalue weighted by molar-refractivity contribution is 0.0697. The van der Waals surface area contributed by atoms with Crippen LogP contribution in [0.2, 0.25) is 5.15 Å². The van der Waals surface area contributed by atoms with E-state index in [9.17, 15) is 14.0 Å². The summed E-state index contributed by atoms with van der Waals surface area (Å²) in [5.74, 6) is -2.60. The molecule has 0 bridgehead atoms. The van der Waals surface area contributed by atoms with E-state index in [0.717, 1.165) is 11.8 Å². The van der Waals surface area contributed by atoms with Crippen molar-refractivity contribution in [1.82, 2.24) is 4.98 Å². The first-order valence-electron chi connectivity index (χ1n) is 6.04. The van der Waals surface area contributed by atoms with Gasteiger partial charge in [-0.2, -0.15) is 0 Å². The summed E-state index contributed by atoms with van der Waals surface area (Å²) in [5, 5.41) is 10.4. The van der Waals surface area contributed by atoms with Gasteiger partial charge in [-0.05, 0) is 5.56 Å². The van der Waals surface area contributed by atoms with Crippen molar-refractivity contribution in [2.24, 2.45) is 0 Å². The van der Waals surface area contributed by atoms with Gasteiger partial charge in [0.25, 0.3) is 0 Å². The van der Waals surface area contributed by atoms with Crippen molar-refractivity contribution in [3.8, 4) is 0 Å². The number of ether oxygens (including phenoxy) is 1. The highest BCUT2D eigenvalue weighted by Gasteiger charge is 2.21. The van der Waals surface area contributed by atoms with Gasteiger partial charge in [0.05, 0.1) is 5.69 Å². The van der Waals surface area contributed by atoms with Crippen LogP contribution in [0, 0.1) is 5.82 Å². The van der Waals surface area contributed by atoms with Crippen LogP contribution in [0.5, 0.6) is 0 Å². The maximum absolute atomic E-state index is 13.8. The Kier molecular flexibility index (Phi) is 4.90. The molecule has 2 N–H and O–H groups in total. The van der Waals surface area contributed by atoms with Gasteiger partial charge in [0.1, 0.15) is 12.2 Å². The summed E-state index contributed by atoms with van der Waals surface area (Å²) >= 11 is 5.48. The third-order valence-electron chi connectivity index (χ3n) is 2.65. The fourth-order valence-corrected chi connectivity index (χ4v) is 1.75. The number of aromatic nitrogens is 1. The van der Waals surface area contributed by atoms with Crippen molar-refractivity contribution < 1.29 is 23.8 Å². The summed E-state index contributed by atoms with van der Waals surface area (Å²) in [7, 11) is 0. The molecule has 0 spiro atoms. The molecule has 0 atom stereocenters. The van der Waals surface area contributed by atoms with Crippen LogP contribution < -0.4 is 5.32 Å². The van der Waals surface area contributed by atoms with E-state index >= 15 is 0 Å². The van der Waals surface area contributed by atoms with E-state index in [1.54, 1.807) is 30.3 Å². The van der Waals surface area contributed by atoms with E-state index in [1.165, 1.54) is 0 Å². The topological polar surface area (TPSA) is 88.5 Å². The average molecular weight is 325 g/mol. The van der Waals surface area contributed by atoms with E-state index in [4.69, 9.17) is 21.4 Å². The minimum absolute atomic E-state index is 0.0461. The second-order valence-corrected chi connectivity index (χ2v) is 4.50. The SMILES string of the molecule is O=C(Nc1c(C(=O)O)cnc(Cl)c1F)OCc1ccccc1. The molecule has 0 unspecified atom stereocenters. The third kappa shape index (κ3) is 3.70. The van der Waals surface area contributed by atoms with Gasteiger partial charge in [0.15, 0.2) is 11.0 Å². The molecule has 0 aliphatic rings. The molecule has 1 aromatic heterocycles. The number of carboxylic acid groups (broad SMARTS) is 1. The molecule has 8 heteroatoms. The number of halogens is 2. The van der Waals surface area contributed by atoms with Crippen molar-refractivity contribution in [2.75, 3.05) is 5.32 Å². The molecule has 0 saturated carbocycles. The molecule has 1 aromatic carbocycles. The van der Waals surface area contributed by atoms with Crippen LogP contribution in [0.25, 0.3) is 0 Å². The number of aromatic carboxylic acids is 1. The lowest BCUT2D eigenvalue weighted by atomic mass is 10.2. The summed E-state index contributed by atoms with van der Waals surface area (Å²) < 4.78 is 18.7. The summed E-state index contributed by atoms with van der Waals surface area (Å²) in [5.41, 5.74) is -0.395. The van der Waals surface area contributed by atoms with Crippen LogP contribution in [-0.4, -0.2) is 22.2 Å². The molecule has 2 rings (SSSR count). The Hall–Kier alpha value is -2.67. The van der Waals surface area contributed by atoms with Crippen molar-refractivity contribution in [3.05, 3.63) is 58.6 Å². The predicted molar refractivity (Wildman–Crippen MR) is 76.4 cm³/mol. The molecule has 0 aliphatic heterocycles. The van der Waals surface area contributed by atoms with Crippen molar-refractivity contribution >= 4 is 29.4 Å². The maximum Gasteiger partial charge on any atom is 0.412 e. The lowest BCUT2D eigenvalue weighted by Crippen LogP contribution is -2.18. The Bertz CT molecular complexity index is 709. The molecule has 0 radical (unpaired) electrons. The number of carboxylic acids is 1. The first kappa shape index (κ1) is 15.7. The van der Waals surface area contributed by atoms with Gasteiger partial charge in [-0.3, -0.25) is 5.32 Å². The largest absolute Gasteiger partial charge is 0.478 e. The number of rotatable bonds is 4. The van der Waals surface area contributed by atoms with E-state index < -0.39 is 34.3 Å². The minimum Gasteiger partial charge on any atom is -0.478 e. The van der Waals surface area contributed by atoms with Gasteiger partial charge >= 0.3 is 12.1 Å². The highest BCUT2D eigenvalue weighted by atomic mass is 35.5. The van der Waals surface area contributed by atoms with Crippen LogP contribution in [0.4, 0.5) is 14.9 Å². The quantitative estimate of drug-likeness (QED) is 0.842. The smallest absolute Gasteiger partial charge is 0.412 e. The molecule has 114 valence electrons. The standard InChI is InChI=1S/C14H10ClFN2O4/c15-12-10(16)11(9(6-17-12)13(19)20)18-14(21)22-7-8-4-2-1-3-5-8/h1-6H,7H2,(H,19,20)(H,17,18,21). The number of nitrogens with one attached hydrogen (secondary N) is 1. The number of pyridine rings is 1. The molecule has 1 heterocycles. The molecule has 1 amide bonds. The third-order valence-corrected chi connectivity index (χ3v) is 2.91. The zero-order valence-corrected chi connectivity index (χ0v) is 11.8. The van der Waals surface area contributed by atoms with Gasteiger partial charge in [0, 0.05) is 6.20 Å². The Morgan fingerprint density at radius 2 is 2.00 bits per heavy atom. The van der Waals surface area contributed by atoms with E-state index in [-0.39, 0.29) is 6.61 Å². The normalized spacial score (nSPS) is 10.1. The highest BCUT2D eigenvalue weighted by Crippen LogP contribution is 2.24. The summed E-state index contributed by atoms with van der Waals surface area (Å²) in [4.78, 5) is 26.1. The van der Waals surface area contributed by atoms with Crippen LogP contribution >= 0.6 is 11.6 Å². The molecule has 2 aromatic rings. The molecular weight excluding hydrogens is 315 g/mol. The number of hydrogen-bond acceptors (Lipinski definition) is 4. The second-order valence-electron chi connectivity index (χ2n) is 4.14. The Labute approximate surface area is 129 Å².